The molecular weight excluding hydrogens is 173 g/mol. The quantitative estimate of drug-likeness (QED) is 0.689. The lowest BCUT2D eigenvalue weighted by atomic mass is 10.4. The van der Waals surface area contributed by atoms with Gasteiger partial charge in [0.05, 0.1) is 6.10 Å². The maximum absolute atomic E-state index is 8.78. The molecule has 1 atom stereocenters. The van der Waals surface area contributed by atoms with Gasteiger partial charge >= 0.3 is 0 Å². The highest BCUT2D eigenvalue weighted by Crippen LogP contribution is 1.99. The van der Waals surface area contributed by atoms with Gasteiger partial charge in [0.25, 0.3) is 0 Å². The van der Waals surface area contributed by atoms with Gasteiger partial charge in [-0.2, -0.15) is 0 Å². The molecule has 0 heterocycles. The number of rotatable bonds is 4. The zero-order valence-electron chi connectivity index (χ0n) is 5.77. The predicted octanol–water partition coefficient (Wildman–Crippen LogP) is 1.28. The van der Waals surface area contributed by atoms with Crippen LogP contribution in [-0.2, 0) is 0 Å². The monoisotopic (exact) mass is 183 g/mol. The largest absolute Gasteiger partial charge is 0.392 e. The van der Waals surface area contributed by atoms with Gasteiger partial charge in [-0.3, -0.25) is 0 Å². The van der Waals surface area contributed by atoms with Gasteiger partial charge in [-0.15, -0.1) is 0 Å². The van der Waals surface area contributed by atoms with Crippen LogP contribution in [0.5, 0.6) is 0 Å². The summed E-state index contributed by atoms with van der Waals surface area (Å²) in [5, 5.41) is 12.2. The van der Waals surface area contributed by atoms with Crippen LogP contribution in [0.25, 0.3) is 0 Å². The van der Waals surface area contributed by atoms with Gasteiger partial charge in [-0.25, -0.2) is 0 Å². The van der Waals surface area contributed by atoms with Crippen molar-refractivity contribution in [2.24, 2.45) is 0 Å². The molecule has 0 aromatic rings. The number of halogens is 2. The minimum atomic E-state index is -0.347. The fourth-order valence-electron chi connectivity index (χ4n) is 0.439. The summed E-state index contributed by atoms with van der Waals surface area (Å²) in [4.78, 5) is 0. The van der Waals surface area contributed by atoms with E-state index in [1.54, 1.807) is 6.92 Å². The van der Waals surface area contributed by atoms with Crippen LogP contribution in [0.2, 0.25) is 0 Å². The SMILES string of the molecule is CC(O)CNCC(Cl)=CCl. The van der Waals surface area contributed by atoms with Crippen molar-refractivity contribution in [2.45, 2.75) is 13.0 Å². The molecule has 0 fully saturated rings. The molecular formula is C6H11Cl2NO. The number of hydrogen-bond acceptors (Lipinski definition) is 2. The van der Waals surface area contributed by atoms with Gasteiger partial charge in [0, 0.05) is 23.7 Å². The molecule has 0 aliphatic heterocycles. The Morgan fingerprint density at radius 3 is 2.80 bits per heavy atom. The minimum Gasteiger partial charge on any atom is -0.392 e. The van der Waals surface area contributed by atoms with E-state index in [0.717, 1.165) is 0 Å². The second-order valence-electron chi connectivity index (χ2n) is 2.04. The summed E-state index contributed by atoms with van der Waals surface area (Å²) in [6.45, 7) is 2.74. The summed E-state index contributed by atoms with van der Waals surface area (Å²) in [7, 11) is 0. The molecule has 2 nitrogen and oxygen atoms in total. The highest BCUT2D eigenvalue weighted by molar-refractivity contribution is 6.36. The Balaban J connectivity index is 3.20. The lowest BCUT2D eigenvalue weighted by Crippen LogP contribution is -2.25. The number of aliphatic hydroxyl groups excluding tert-OH is 1. The summed E-state index contributed by atoms with van der Waals surface area (Å²) < 4.78 is 0. The summed E-state index contributed by atoms with van der Waals surface area (Å²) in [6.07, 6.45) is -0.347. The molecule has 0 amide bonds. The predicted molar refractivity (Wildman–Crippen MR) is 44.3 cm³/mol. The zero-order chi connectivity index (χ0) is 7.98. The maximum atomic E-state index is 8.78. The van der Waals surface area contributed by atoms with E-state index in [4.69, 9.17) is 28.3 Å². The van der Waals surface area contributed by atoms with Crippen molar-refractivity contribution in [1.29, 1.82) is 0 Å². The molecule has 0 saturated carbocycles. The topological polar surface area (TPSA) is 32.3 Å². The van der Waals surface area contributed by atoms with Gasteiger partial charge in [0.1, 0.15) is 0 Å². The molecule has 0 spiro atoms. The third-order valence-electron chi connectivity index (χ3n) is 0.852. The average molecular weight is 184 g/mol. The van der Waals surface area contributed by atoms with Crippen molar-refractivity contribution < 1.29 is 5.11 Å². The van der Waals surface area contributed by atoms with Crippen molar-refractivity contribution >= 4 is 23.2 Å². The Hall–Kier alpha value is 0.240. The van der Waals surface area contributed by atoms with E-state index >= 15 is 0 Å². The molecule has 2 N–H and O–H groups in total. The molecule has 0 radical (unpaired) electrons. The molecule has 0 bridgehead atoms. The van der Waals surface area contributed by atoms with E-state index in [1.165, 1.54) is 5.54 Å². The number of nitrogens with one attached hydrogen (secondary N) is 1. The van der Waals surface area contributed by atoms with Gasteiger partial charge in [0.15, 0.2) is 0 Å². The first-order valence-corrected chi connectivity index (χ1v) is 3.81. The van der Waals surface area contributed by atoms with Gasteiger partial charge in [0.2, 0.25) is 0 Å². The first kappa shape index (κ1) is 10.2. The maximum Gasteiger partial charge on any atom is 0.0636 e. The summed E-state index contributed by atoms with van der Waals surface area (Å²) in [5.74, 6) is 0. The van der Waals surface area contributed by atoms with E-state index in [0.29, 0.717) is 18.1 Å². The third-order valence-corrected chi connectivity index (χ3v) is 1.47. The van der Waals surface area contributed by atoms with Crippen LogP contribution < -0.4 is 5.32 Å². The second kappa shape index (κ2) is 5.98. The Morgan fingerprint density at radius 1 is 1.80 bits per heavy atom. The Kier molecular flexibility index (Phi) is 6.13. The molecule has 0 rings (SSSR count). The van der Waals surface area contributed by atoms with Crippen LogP contribution in [0.1, 0.15) is 6.92 Å². The summed E-state index contributed by atoms with van der Waals surface area (Å²) >= 11 is 10.8. The zero-order valence-corrected chi connectivity index (χ0v) is 7.28. The van der Waals surface area contributed by atoms with Crippen molar-refractivity contribution in [3.05, 3.63) is 10.6 Å². The fourth-order valence-corrected chi connectivity index (χ4v) is 0.611. The Bertz CT molecular complexity index is 114. The molecule has 0 aromatic carbocycles. The first-order valence-electron chi connectivity index (χ1n) is 3.00. The Morgan fingerprint density at radius 2 is 2.40 bits per heavy atom. The molecule has 10 heavy (non-hydrogen) atoms. The number of hydrogen-bond donors (Lipinski definition) is 2. The molecule has 0 saturated heterocycles. The van der Waals surface area contributed by atoms with E-state index in [1.807, 2.05) is 0 Å². The first-order chi connectivity index (χ1) is 4.66. The molecule has 0 aliphatic carbocycles. The molecule has 4 heteroatoms. The van der Waals surface area contributed by atoms with Crippen molar-refractivity contribution in [3.8, 4) is 0 Å². The third kappa shape index (κ3) is 6.36. The van der Waals surface area contributed by atoms with Crippen molar-refractivity contribution in [1.82, 2.24) is 5.32 Å². The molecule has 0 aromatic heterocycles. The van der Waals surface area contributed by atoms with E-state index in [2.05, 4.69) is 5.32 Å². The molecule has 60 valence electrons. The van der Waals surface area contributed by atoms with Crippen LogP contribution in [0.4, 0.5) is 0 Å². The normalized spacial score (nSPS) is 15.4. The number of aliphatic hydroxyl groups is 1. The van der Waals surface area contributed by atoms with Gasteiger partial charge < -0.3 is 10.4 Å². The smallest absolute Gasteiger partial charge is 0.0636 e. The van der Waals surface area contributed by atoms with Crippen LogP contribution in [0.3, 0.4) is 0 Å². The summed E-state index contributed by atoms with van der Waals surface area (Å²) in [6, 6.07) is 0. The Labute approximate surface area is 70.8 Å². The van der Waals surface area contributed by atoms with E-state index in [9.17, 15) is 0 Å². The lowest BCUT2D eigenvalue weighted by molar-refractivity contribution is 0.193. The second-order valence-corrected chi connectivity index (χ2v) is 2.74. The molecule has 0 aliphatic rings. The van der Waals surface area contributed by atoms with Crippen LogP contribution in [-0.4, -0.2) is 24.3 Å². The summed E-state index contributed by atoms with van der Waals surface area (Å²) in [5.41, 5.74) is 1.30. The lowest BCUT2D eigenvalue weighted by Gasteiger charge is -2.04. The van der Waals surface area contributed by atoms with E-state index in [-0.39, 0.29) is 6.10 Å². The molecule has 1 unspecified atom stereocenters. The van der Waals surface area contributed by atoms with E-state index < -0.39 is 0 Å². The van der Waals surface area contributed by atoms with Crippen molar-refractivity contribution in [3.63, 3.8) is 0 Å². The van der Waals surface area contributed by atoms with Crippen LogP contribution in [0.15, 0.2) is 10.6 Å². The van der Waals surface area contributed by atoms with Crippen molar-refractivity contribution in [2.75, 3.05) is 13.1 Å². The van der Waals surface area contributed by atoms with Gasteiger partial charge in [-0.05, 0) is 6.92 Å². The standard InChI is InChI=1S/C6H11Cl2NO/c1-5(10)3-9-4-6(8)2-7/h2,5,9-10H,3-4H2,1H3. The van der Waals surface area contributed by atoms with Crippen LogP contribution in [0, 0.1) is 0 Å². The fraction of sp³-hybridized carbons (Fsp3) is 0.667. The minimum absolute atomic E-state index is 0.347. The average Bonchev–Trinajstić information content (AvgIpc) is 1.87. The van der Waals surface area contributed by atoms with Gasteiger partial charge in [-0.1, -0.05) is 23.2 Å². The highest BCUT2D eigenvalue weighted by Gasteiger charge is 1.94. The highest BCUT2D eigenvalue weighted by atomic mass is 35.5. The van der Waals surface area contributed by atoms with Crippen LogP contribution >= 0.6 is 23.2 Å².